The van der Waals surface area contributed by atoms with Crippen molar-refractivity contribution in [3.8, 4) is 0 Å². The predicted octanol–water partition coefficient (Wildman–Crippen LogP) is 1.91. The second-order valence-corrected chi connectivity index (χ2v) is 6.34. The van der Waals surface area contributed by atoms with E-state index in [1.165, 1.54) is 0 Å². The summed E-state index contributed by atoms with van der Waals surface area (Å²) in [6.07, 6.45) is 1.97. The highest BCUT2D eigenvalue weighted by molar-refractivity contribution is 5.90. The first-order valence-electron chi connectivity index (χ1n) is 7.07. The van der Waals surface area contributed by atoms with E-state index >= 15 is 0 Å². The zero-order valence-electron chi connectivity index (χ0n) is 12.9. The van der Waals surface area contributed by atoms with Crippen LogP contribution in [0.3, 0.4) is 0 Å². The van der Waals surface area contributed by atoms with E-state index in [1.807, 2.05) is 39.8 Å². The largest absolute Gasteiger partial charge is 0.336 e. The summed E-state index contributed by atoms with van der Waals surface area (Å²) in [6.45, 7) is 8.39. The molecule has 1 unspecified atom stereocenters. The molecule has 1 saturated heterocycles. The van der Waals surface area contributed by atoms with Crippen LogP contribution in [0.5, 0.6) is 0 Å². The van der Waals surface area contributed by atoms with Gasteiger partial charge >= 0.3 is 6.03 Å². The smallest absolute Gasteiger partial charge is 0.320 e. The minimum Gasteiger partial charge on any atom is -0.336 e. The van der Waals surface area contributed by atoms with Gasteiger partial charge in [-0.25, -0.2) is 9.78 Å². The fourth-order valence-corrected chi connectivity index (χ4v) is 2.40. The van der Waals surface area contributed by atoms with Crippen molar-refractivity contribution in [2.24, 2.45) is 0 Å². The Morgan fingerprint density at radius 3 is 2.71 bits per heavy atom. The molecule has 6 heteroatoms. The number of likely N-dealkylation sites (tertiary alicyclic amines) is 1. The van der Waals surface area contributed by atoms with Crippen LogP contribution < -0.4 is 10.6 Å². The minimum absolute atomic E-state index is 0.0711. The average Bonchev–Trinajstić information content (AvgIpc) is 2.73. The molecule has 1 aromatic heterocycles. The molecule has 0 radical (unpaired) electrons. The number of hydrogen-bond acceptors (Lipinski definition) is 3. The van der Waals surface area contributed by atoms with Gasteiger partial charge in [0.1, 0.15) is 5.82 Å². The van der Waals surface area contributed by atoms with Gasteiger partial charge in [-0.05, 0) is 39.3 Å². The highest BCUT2D eigenvalue weighted by Crippen LogP contribution is 2.21. The molecule has 0 bridgehead atoms. The molecule has 1 fully saturated rings. The number of urea groups is 1. The Morgan fingerprint density at radius 2 is 2.14 bits per heavy atom. The van der Waals surface area contributed by atoms with Gasteiger partial charge in [0.15, 0.2) is 0 Å². The molecule has 3 amide bonds. The third-order valence-corrected chi connectivity index (χ3v) is 3.51. The molecule has 0 spiro atoms. The number of carbonyl (C=O) groups excluding carboxylic acids is 2. The molecule has 2 rings (SSSR count). The van der Waals surface area contributed by atoms with Crippen molar-refractivity contribution in [3.63, 3.8) is 0 Å². The van der Waals surface area contributed by atoms with Crippen LogP contribution in [0.4, 0.5) is 10.6 Å². The van der Waals surface area contributed by atoms with Crippen LogP contribution in [-0.2, 0) is 4.79 Å². The van der Waals surface area contributed by atoms with Gasteiger partial charge < -0.3 is 10.2 Å². The van der Waals surface area contributed by atoms with Gasteiger partial charge in [-0.1, -0.05) is 6.07 Å². The minimum atomic E-state index is -0.328. The Morgan fingerprint density at radius 1 is 1.43 bits per heavy atom. The van der Waals surface area contributed by atoms with E-state index in [0.717, 1.165) is 5.56 Å². The second-order valence-electron chi connectivity index (χ2n) is 6.34. The van der Waals surface area contributed by atoms with Crippen LogP contribution in [0, 0.1) is 6.92 Å². The van der Waals surface area contributed by atoms with E-state index in [0.29, 0.717) is 18.8 Å². The SMILES string of the molecule is Cc1cccnc1NC(=O)NC1CC(=O)N(C(C)(C)C)C1. The molecule has 0 saturated carbocycles. The van der Waals surface area contributed by atoms with Crippen LogP contribution in [0.1, 0.15) is 32.8 Å². The van der Waals surface area contributed by atoms with Gasteiger partial charge in [-0.15, -0.1) is 0 Å². The average molecular weight is 290 g/mol. The second kappa shape index (κ2) is 5.71. The molecule has 0 aliphatic carbocycles. The molecule has 2 N–H and O–H groups in total. The maximum absolute atomic E-state index is 12.0. The number of nitrogens with one attached hydrogen (secondary N) is 2. The van der Waals surface area contributed by atoms with E-state index in [-0.39, 0.29) is 23.5 Å². The number of amides is 3. The lowest BCUT2D eigenvalue weighted by Gasteiger charge is -2.32. The third-order valence-electron chi connectivity index (χ3n) is 3.51. The molecule has 21 heavy (non-hydrogen) atoms. The quantitative estimate of drug-likeness (QED) is 0.873. The lowest BCUT2D eigenvalue weighted by Crippen LogP contribution is -2.45. The summed E-state index contributed by atoms with van der Waals surface area (Å²) >= 11 is 0. The van der Waals surface area contributed by atoms with E-state index in [1.54, 1.807) is 11.1 Å². The number of aryl methyl sites for hydroxylation is 1. The van der Waals surface area contributed by atoms with Crippen molar-refractivity contribution in [2.75, 3.05) is 11.9 Å². The molecule has 1 aromatic rings. The Bertz CT molecular complexity index is 551. The van der Waals surface area contributed by atoms with Crippen LogP contribution in [0.15, 0.2) is 18.3 Å². The van der Waals surface area contributed by atoms with Crippen molar-refractivity contribution in [2.45, 2.75) is 45.7 Å². The summed E-state index contributed by atoms with van der Waals surface area (Å²) in [5, 5.41) is 5.55. The molecule has 1 atom stereocenters. The number of carbonyl (C=O) groups is 2. The highest BCUT2D eigenvalue weighted by Gasteiger charge is 2.36. The molecule has 2 heterocycles. The van der Waals surface area contributed by atoms with Crippen molar-refractivity contribution < 1.29 is 9.59 Å². The Kier molecular flexibility index (Phi) is 4.16. The molecule has 1 aliphatic heterocycles. The maximum Gasteiger partial charge on any atom is 0.320 e. The van der Waals surface area contributed by atoms with E-state index < -0.39 is 0 Å². The van der Waals surface area contributed by atoms with Crippen molar-refractivity contribution in [3.05, 3.63) is 23.9 Å². The standard InChI is InChI=1S/C15H22N4O2/c1-10-6-5-7-16-13(10)18-14(21)17-11-8-12(20)19(9-11)15(2,3)4/h5-7,11H,8-9H2,1-4H3,(H2,16,17,18,21). The summed E-state index contributed by atoms with van der Waals surface area (Å²) < 4.78 is 0. The maximum atomic E-state index is 12.0. The highest BCUT2D eigenvalue weighted by atomic mass is 16.2. The molecule has 114 valence electrons. The number of anilines is 1. The fraction of sp³-hybridized carbons (Fsp3) is 0.533. The van der Waals surface area contributed by atoms with Crippen molar-refractivity contribution in [1.29, 1.82) is 0 Å². The Labute approximate surface area is 124 Å². The van der Waals surface area contributed by atoms with Crippen LogP contribution in [0.2, 0.25) is 0 Å². The number of aromatic nitrogens is 1. The Hall–Kier alpha value is -2.11. The first-order valence-corrected chi connectivity index (χ1v) is 7.07. The van der Waals surface area contributed by atoms with Crippen molar-refractivity contribution in [1.82, 2.24) is 15.2 Å². The van der Waals surface area contributed by atoms with Crippen LogP contribution >= 0.6 is 0 Å². The van der Waals surface area contributed by atoms with Gasteiger partial charge in [0.2, 0.25) is 5.91 Å². The number of hydrogen-bond donors (Lipinski definition) is 2. The lowest BCUT2D eigenvalue weighted by molar-refractivity contribution is -0.131. The number of pyridine rings is 1. The van der Waals surface area contributed by atoms with Crippen LogP contribution in [-0.4, -0.2) is 39.9 Å². The zero-order chi connectivity index (χ0) is 15.6. The van der Waals surface area contributed by atoms with Gasteiger partial charge in [-0.2, -0.15) is 0 Å². The molecule has 1 aliphatic rings. The first kappa shape index (κ1) is 15.3. The molecular weight excluding hydrogens is 268 g/mol. The van der Waals surface area contributed by atoms with Gasteiger partial charge in [-0.3, -0.25) is 10.1 Å². The number of nitrogens with zero attached hydrogens (tertiary/aromatic N) is 2. The molecule has 0 aromatic carbocycles. The lowest BCUT2D eigenvalue weighted by atomic mass is 10.1. The predicted molar refractivity (Wildman–Crippen MR) is 81.0 cm³/mol. The third kappa shape index (κ3) is 3.71. The van der Waals surface area contributed by atoms with Crippen LogP contribution in [0.25, 0.3) is 0 Å². The van der Waals surface area contributed by atoms with E-state index in [9.17, 15) is 9.59 Å². The van der Waals surface area contributed by atoms with E-state index in [4.69, 9.17) is 0 Å². The normalized spacial score (nSPS) is 18.8. The van der Waals surface area contributed by atoms with Gasteiger partial charge in [0, 0.05) is 24.7 Å². The molecule has 6 nitrogen and oxygen atoms in total. The zero-order valence-corrected chi connectivity index (χ0v) is 12.9. The number of rotatable bonds is 2. The molecular formula is C15H22N4O2. The van der Waals surface area contributed by atoms with E-state index in [2.05, 4.69) is 15.6 Å². The van der Waals surface area contributed by atoms with Gasteiger partial charge in [0.05, 0.1) is 6.04 Å². The summed E-state index contributed by atoms with van der Waals surface area (Å²) in [5.41, 5.74) is 0.674. The monoisotopic (exact) mass is 290 g/mol. The topological polar surface area (TPSA) is 74.3 Å². The Balaban J connectivity index is 1.93. The summed E-state index contributed by atoms with van der Waals surface area (Å²) in [7, 11) is 0. The fourth-order valence-electron chi connectivity index (χ4n) is 2.40. The summed E-state index contributed by atoms with van der Waals surface area (Å²) in [6, 6.07) is 3.20. The van der Waals surface area contributed by atoms with Crippen molar-refractivity contribution >= 4 is 17.8 Å². The van der Waals surface area contributed by atoms with Gasteiger partial charge in [0.25, 0.3) is 0 Å². The summed E-state index contributed by atoms with van der Waals surface area (Å²) in [4.78, 5) is 29.9. The summed E-state index contributed by atoms with van der Waals surface area (Å²) in [5.74, 6) is 0.605. The first-order chi connectivity index (χ1) is 9.77.